The van der Waals surface area contributed by atoms with Gasteiger partial charge in [0.2, 0.25) is 0 Å². The largest absolute Gasteiger partial charge is 0.363 e. The van der Waals surface area contributed by atoms with Crippen LogP contribution in [0.4, 0.5) is 0 Å². The van der Waals surface area contributed by atoms with Crippen molar-refractivity contribution >= 4 is 29.1 Å². The smallest absolute Gasteiger partial charge is 0.166 e. The summed E-state index contributed by atoms with van der Waals surface area (Å²) in [4.78, 5) is 0. The van der Waals surface area contributed by atoms with Gasteiger partial charge < -0.3 is 10.6 Å². The van der Waals surface area contributed by atoms with Gasteiger partial charge in [-0.2, -0.15) is 11.8 Å². The Kier molecular flexibility index (Phi) is 8.03. The Morgan fingerprint density at radius 3 is 2.69 bits per heavy atom. The lowest BCUT2D eigenvalue weighted by Crippen LogP contribution is -2.40. The third-order valence-electron chi connectivity index (χ3n) is 3.00. The molecular formula is C12H24N2S2. The van der Waals surface area contributed by atoms with Gasteiger partial charge in [0.1, 0.15) is 0 Å². The quantitative estimate of drug-likeness (QED) is 0.543. The van der Waals surface area contributed by atoms with Gasteiger partial charge in [0, 0.05) is 12.6 Å². The van der Waals surface area contributed by atoms with Crippen LogP contribution < -0.4 is 10.6 Å². The zero-order valence-corrected chi connectivity index (χ0v) is 11.9. The van der Waals surface area contributed by atoms with E-state index in [2.05, 4.69) is 16.9 Å². The van der Waals surface area contributed by atoms with E-state index in [1.165, 1.54) is 50.7 Å². The molecule has 0 radical (unpaired) electrons. The standard InChI is InChI=1S/C12H24N2S2/c1-16-10-6-2-5-9-13-12(15)14-11-7-3-4-8-11/h11H,2-10H2,1H3,(H2,13,14,15). The van der Waals surface area contributed by atoms with Crippen LogP contribution in [-0.4, -0.2) is 29.7 Å². The summed E-state index contributed by atoms with van der Waals surface area (Å²) in [5.41, 5.74) is 0. The molecule has 1 saturated carbocycles. The predicted octanol–water partition coefficient (Wildman–Crippen LogP) is 2.93. The van der Waals surface area contributed by atoms with Crippen molar-refractivity contribution in [1.82, 2.24) is 10.6 Å². The second-order valence-corrected chi connectivity index (χ2v) is 5.83. The lowest BCUT2D eigenvalue weighted by Gasteiger charge is -2.15. The Labute approximate surface area is 109 Å². The molecular weight excluding hydrogens is 236 g/mol. The van der Waals surface area contributed by atoms with Gasteiger partial charge in [-0.25, -0.2) is 0 Å². The van der Waals surface area contributed by atoms with Crippen LogP contribution in [0.2, 0.25) is 0 Å². The molecule has 0 atom stereocenters. The van der Waals surface area contributed by atoms with Crippen LogP contribution in [0, 0.1) is 0 Å². The molecule has 0 unspecified atom stereocenters. The molecule has 94 valence electrons. The molecule has 0 heterocycles. The van der Waals surface area contributed by atoms with Crippen LogP contribution in [-0.2, 0) is 0 Å². The van der Waals surface area contributed by atoms with Gasteiger partial charge in [-0.3, -0.25) is 0 Å². The zero-order chi connectivity index (χ0) is 11.6. The summed E-state index contributed by atoms with van der Waals surface area (Å²) in [5.74, 6) is 1.28. The maximum atomic E-state index is 5.27. The first-order valence-corrected chi connectivity index (χ1v) is 8.16. The van der Waals surface area contributed by atoms with E-state index in [1.807, 2.05) is 11.8 Å². The molecule has 0 aromatic carbocycles. The fourth-order valence-corrected chi connectivity index (χ4v) is 2.82. The van der Waals surface area contributed by atoms with Crippen molar-refractivity contribution in [2.24, 2.45) is 0 Å². The van der Waals surface area contributed by atoms with Crippen molar-refractivity contribution < 1.29 is 0 Å². The van der Waals surface area contributed by atoms with E-state index in [9.17, 15) is 0 Å². The molecule has 0 bridgehead atoms. The summed E-state index contributed by atoms with van der Waals surface area (Å²) in [7, 11) is 0. The summed E-state index contributed by atoms with van der Waals surface area (Å²) in [6.45, 7) is 1.02. The van der Waals surface area contributed by atoms with E-state index < -0.39 is 0 Å². The number of hydrogen-bond donors (Lipinski definition) is 2. The second-order valence-electron chi connectivity index (χ2n) is 4.44. The maximum absolute atomic E-state index is 5.27. The van der Waals surface area contributed by atoms with Crippen LogP contribution in [0.15, 0.2) is 0 Å². The number of unbranched alkanes of at least 4 members (excludes halogenated alkanes) is 2. The second kappa shape index (κ2) is 9.11. The van der Waals surface area contributed by atoms with Crippen molar-refractivity contribution in [3.05, 3.63) is 0 Å². The minimum atomic E-state index is 0.636. The highest BCUT2D eigenvalue weighted by Gasteiger charge is 2.14. The Morgan fingerprint density at radius 1 is 1.25 bits per heavy atom. The lowest BCUT2D eigenvalue weighted by molar-refractivity contribution is 0.614. The number of thiocarbonyl (C=S) groups is 1. The minimum Gasteiger partial charge on any atom is -0.363 e. The van der Waals surface area contributed by atoms with Gasteiger partial charge in [-0.1, -0.05) is 19.3 Å². The van der Waals surface area contributed by atoms with E-state index in [1.54, 1.807) is 0 Å². The van der Waals surface area contributed by atoms with E-state index in [-0.39, 0.29) is 0 Å². The first-order valence-electron chi connectivity index (χ1n) is 6.36. The van der Waals surface area contributed by atoms with Gasteiger partial charge in [-0.05, 0) is 49.9 Å². The van der Waals surface area contributed by atoms with Gasteiger partial charge in [-0.15, -0.1) is 0 Å². The lowest BCUT2D eigenvalue weighted by atomic mass is 10.2. The predicted molar refractivity (Wildman–Crippen MR) is 78.2 cm³/mol. The third-order valence-corrected chi connectivity index (χ3v) is 3.96. The normalized spacial score (nSPS) is 16.3. The summed E-state index contributed by atoms with van der Waals surface area (Å²) in [5, 5.41) is 7.56. The summed E-state index contributed by atoms with van der Waals surface area (Å²) >= 11 is 7.19. The molecule has 1 aliphatic rings. The molecule has 1 aliphatic carbocycles. The van der Waals surface area contributed by atoms with Crippen molar-refractivity contribution in [3.63, 3.8) is 0 Å². The molecule has 0 spiro atoms. The van der Waals surface area contributed by atoms with Crippen molar-refractivity contribution in [2.45, 2.75) is 51.0 Å². The molecule has 0 aromatic rings. The highest BCUT2D eigenvalue weighted by atomic mass is 32.2. The van der Waals surface area contributed by atoms with Crippen LogP contribution in [0.25, 0.3) is 0 Å². The third kappa shape index (κ3) is 6.59. The van der Waals surface area contributed by atoms with Crippen LogP contribution >= 0.6 is 24.0 Å². The van der Waals surface area contributed by atoms with E-state index in [0.29, 0.717) is 6.04 Å². The molecule has 4 heteroatoms. The Balaban J connectivity index is 1.89. The van der Waals surface area contributed by atoms with Crippen LogP contribution in [0.5, 0.6) is 0 Å². The molecule has 2 nitrogen and oxygen atoms in total. The molecule has 1 fully saturated rings. The number of thioether (sulfide) groups is 1. The van der Waals surface area contributed by atoms with Crippen LogP contribution in [0.1, 0.15) is 44.9 Å². The average molecular weight is 260 g/mol. The summed E-state index contributed by atoms with van der Waals surface area (Å²) in [6.07, 6.45) is 11.3. The first kappa shape index (κ1) is 14.1. The number of nitrogens with one attached hydrogen (secondary N) is 2. The van der Waals surface area contributed by atoms with E-state index in [4.69, 9.17) is 12.2 Å². The van der Waals surface area contributed by atoms with Gasteiger partial charge >= 0.3 is 0 Å². The molecule has 1 rings (SSSR count). The Morgan fingerprint density at radius 2 is 2.00 bits per heavy atom. The average Bonchev–Trinajstić information content (AvgIpc) is 2.76. The molecule has 0 aliphatic heterocycles. The SMILES string of the molecule is CSCCCCCNC(=S)NC1CCCC1. The Hall–Kier alpha value is 0.0400. The van der Waals surface area contributed by atoms with Crippen molar-refractivity contribution in [1.29, 1.82) is 0 Å². The van der Waals surface area contributed by atoms with Crippen molar-refractivity contribution in [2.75, 3.05) is 18.6 Å². The topological polar surface area (TPSA) is 24.1 Å². The van der Waals surface area contributed by atoms with Gasteiger partial charge in [0.25, 0.3) is 0 Å². The molecule has 0 aromatic heterocycles. The van der Waals surface area contributed by atoms with Crippen molar-refractivity contribution in [3.8, 4) is 0 Å². The van der Waals surface area contributed by atoms with Crippen LogP contribution in [0.3, 0.4) is 0 Å². The fraction of sp³-hybridized carbons (Fsp3) is 0.917. The number of hydrogen-bond acceptors (Lipinski definition) is 2. The molecule has 0 saturated heterocycles. The molecule has 2 N–H and O–H groups in total. The summed E-state index contributed by atoms with van der Waals surface area (Å²) in [6, 6.07) is 0.636. The summed E-state index contributed by atoms with van der Waals surface area (Å²) < 4.78 is 0. The zero-order valence-electron chi connectivity index (χ0n) is 10.3. The van der Waals surface area contributed by atoms with E-state index >= 15 is 0 Å². The first-order chi connectivity index (χ1) is 7.83. The Bertz CT molecular complexity index is 191. The molecule has 16 heavy (non-hydrogen) atoms. The highest BCUT2D eigenvalue weighted by molar-refractivity contribution is 7.98. The monoisotopic (exact) mass is 260 g/mol. The number of rotatable bonds is 7. The van der Waals surface area contributed by atoms with Gasteiger partial charge in [0.05, 0.1) is 0 Å². The van der Waals surface area contributed by atoms with Gasteiger partial charge in [0.15, 0.2) is 5.11 Å². The fourth-order valence-electron chi connectivity index (χ4n) is 2.06. The minimum absolute atomic E-state index is 0.636. The van der Waals surface area contributed by atoms with E-state index in [0.717, 1.165) is 11.7 Å². The maximum Gasteiger partial charge on any atom is 0.166 e. The molecule has 0 amide bonds. The highest BCUT2D eigenvalue weighted by Crippen LogP contribution is 2.17.